The molecule has 0 saturated heterocycles. The molecule has 0 heterocycles. The van der Waals surface area contributed by atoms with Crippen LogP contribution in [-0.4, -0.2) is 33.2 Å². The summed E-state index contributed by atoms with van der Waals surface area (Å²) in [5, 5.41) is 2.87. The zero-order valence-corrected chi connectivity index (χ0v) is 20.9. The first-order valence-electron chi connectivity index (χ1n) is 10.8. The van der Waals surface area contributed by atoms with Gasteiger partial charge in [-0.2, -0.15) is 11.8 Å². The monoisotopic (exact) mass is 482 g/mol. The fourth-order valence-electron chi connectivity index (χ4n) is 3.57. The molecular weight excluding hydrogens is 452 g/mol. The number of nitrogens with zero attached hydrogens (tertiary/aromatic N) is 1. The van der Waals surface area contributed by atoms with Gasteiger partial charge >= 0.3 is 0 Å². The van der Waals surface area contributed by atoms with Gasteiger partial charge in [0.1, 0.15) is 6.54 Å². The Morgan fingerprint density at radius 2 is 1.58 bits per heavy atom. The zero-order chi connectivity index (χ0) is 23.8. The molecule has 1 amide bonds. The van der Waals surface area contributed by atoms with Gasteiger partial charge in [0.25, 0.3) is 10.0 Å². The van der Waals surface area contributed by atoms with E-state index < -0.39 is 10.0 Å². The van der Waals surface area contributed by atoms with Crippen LogP contribution in [0.15, 0.2) is 77.7 Å². The number of amides is 1. The first-order valence-corrected chi connectivity index (χ1v) is 13.4. The van der Waals surface area contributed by atoms with Crippen LogP contribution in [0, 0.1) is 20.8 Å². The average Bonchev–Trinajstić information content (AvgIpc) is 2.77. The number of hydrogen-bond acceptors (Lipinski definition) is 4. The summed E-state index contributed by atoms with van der Waals surface area (Å²) in [5.41, 5.74) is 4.84. The highest BCUT2D eigenvalue weighted by atomic mass is 32.2. The highest BCUT2D eigenvalue weighted by Crippen LogP contribution is 2.25. The van der Waals surface area contributed by atoms with E-state index in [4.69, 9.17) is 0 Å². The molecule has 3 aromatic carbocycles. The molecule has 174 valence electrons. The van der Waals surface area contributed by atoms with Crippen molar-refractivity contribution >= 4 is 33.4 Å². The largest absolute Gasteiger partial charge is 0.354 e. The van der Waals surface area contributed by atoms with Crippen LogP contribution in [0.5, 0.6) is 0 Å². The highest BCUT2D eigenvalue weighted by molar-refractivity contribution is 7.98. The number of aryl methyl sites for hydroxylation is 3. The third-order valence-electron chi connectivity index (χ3n) is 5.03. The van der Waals surface area contributed by atoms with Crippen molar-refractivity contribution in [2.75, 3.05) is 23.1 Å². The van der Waals surface area contributed by atoms with Crippen molar-refractivity contribution in [3.05, 3.63) is 95.1 Å². The molecule has 0 radical (unpaired) electrons. The number of hydrogen-bond donors (Lipinski definition) is 1. The molecule has 0 atom stereocenters. The number of anilines is 1. The zero-order valence-electron chi connectivity index (χ0n) is 19.2. The van der Waals surface area contributed by atoms with Gasteiger partial charge in [-0.15, -0.1) is 0 Å². The van der Waals surface area contributed by atoms with E-state index >= 15 is 0 Å². The van der Waals surface area contributed by atoms with E-state index in [-0.39, 0.29) is 17.3 Å². The van der Waals surface area contributed by atoms with Crippen LogP contribution in [0.3, 0.4) is 0 Å². The molecule has 0 aliphatic rings. The minimum atomic E-state index is -3.89. The molecule has 0 aliphatic heterocycles. The number of rotatable bonds is 10. The van der Waals surface area contributed by atoms with Gasteiger partial charge in [-0.25, -0.2) is 8.42 Å². The lowest BCUT2D eigenvalue weighted by molar-refractivity contribution is -0.119. The number of nitrogens with one attached hydrogen (secondary N) is 1. The summed E-state index contributed by atoms with van der Waals surface area (Å²) in [6.07, 6.45) is 0. The summed E-state index contributed by atoms with van der Waals surface area (Å²) in [5.74, 6) is 1.29. The standard InChI is InChI=1S/C26H30N2O3S2/c1-20-8-7-9-23(15-20)19-32-13-12-27-26(29)18-28(24-16-21(2)14-22(3)17-24)33(30,31)25-10-5-4-6-11-25/h4-11,14-17H,12-13,18-19H2,1-3H3,(H,27,29). The fraction of sp³-hybridized carbons (Fsp3) is 0.269. The molecule has 0 unspecified atom stereocenters. The van der Waals surface area contributed by atoms with Crippen molar-refractivity contribution in [3.8, 4) is 0 Å². The van der Waals surface area contributed by atoms with E-state index in [0.717, 1.165) is 22.6 Å². The number of benzene rings is 3. The van der Waals surface area contributed by atoms with Gasteiger partial charge in [0.05, 0.1) is 10.6 Å². The second-order valence-corrected chi connectivity index (χ2v) is 11.0. The number of thioether (sulfide) groups is 1. The first kappa shape index (κ1) is 24.9. The molecule has 5 nitrogen and oxygen atoms in total. The van der Waals surface area contributed by atoms with Crippen LogP contribution >= 0.6 is 11.8 Å². The molecule has 7 heteroatoms. The van der Waals surface area contributed by atoms with Crippen molar-refractivity contribution in [1.29, 1.82) is 0 Å². The third kappa shape index (κ3) is 7.11. The Morgan fingerprint density at radius 3 is 2.24 bits per heavy atom. The summed E-state index contributed by atoms with van der Waals surface area (Å²) in [7, 11) is -3.89. The van der Waals surface area contributed by atoms with Crippen molar-refractivity contribution in [2.24, 2.45) is 0 Å². The van der Waals surface area contributed by atoms with Crippen LogP contribution in [0.4, 0.5) is 5.69 Å². The minimum absolute atomic E-state index is 0.158. The topological polar surface area (TPSA) is 66.5 Å². The maximum absolute atomic E-state index is 13.4. The Hall–Kier alpha value is -2.77. The summed E-state index contributed by atoms with van der Waals surface area (Å²) in [6, 6.07) is 22.1. The quantitative estimate of drug-likeness (QED) is 0.419. The fourth-order valence-corrected chi connectivity index (χ4v) is 5.80. The Bertz CT molecular complexity index is 1170. The molecule has 0 saturated carbocycles. The van der Waals surface area contributed by atoms with Crippen molar-refractivity contribution in [1.82, 2.24) is 5.32 Å². The van der Waals surface area contributed by atoms with Gasteiger partial charge < -0.3 is 5.32 Å². The lowest BCUT2D eigenvalue weighted by atomic mass is 10.1. The van der Waals surface area contributed by atoms with Crippen LogP contribution < -0.4 is 9.62 Å². The smallest absolute Gasteiger partial charge is 0.264 e. The number of sulfonamides is 1. The molecule has 0 aliphatic carbocycles. The van der Waals surface area contributed by atoms with Crippen molar-refractivity contribution in [3.63, 3.8) is 0 Å². The van der Waals surface area contributed by atoms with E-state index in [9.17, 15) is 13.2 Å². The molecule has 0 bridgehead atoms. The van der Waals surface area contributed by atoms with E-state index in [2.05, 4.69) is 30.4 Å². The van der Waals surface area contributed by atoms with Gasteiger partial charge in [-0.05, 0) is 61.7 Å². The maximum atomic E-state index is 13.4. The Balaban J connectivity index is 1.66. The molecule has 3 rings (SSSR count). The maximum Gasteiger partial charge on any atom is 0.264 e. The van der Waals surface area contributed by atoms with Crippen molar-refractivity contribution in [2.45, 2.75) is 31.4 Å². The number of carbonyl (C=O) groups excluding carboxylic acids is 1. The van der Waals surface area contributed by atoms with Crippen molar-refractivity contribution < 1.29 is 13.2 Å². The third-order valence-corrected chi connectivity index (χ3v) is 7.85. The lowest BCUT2D eigenvalue weighted by Crippen LogP contribution is -2.41. The highest BCUT2D eigenvalue weighted by Gasteiger charge is 2.27. The Kier molecular flexibility index (Phi) is 8.58. The van der Waals surface area contributed by atoms with E-state index in [1.165, 1.54) is 15.4 Å². The summed E-state index contributed by atoms with van der Waals surface area (Å²) in [6.45, 7) is 6.09. The SMILES string of the molecule is Cc1cccc(CSCCNC(=O)CN(c2cc(C)cc(C)c2)S(=O)(=O)c2ccccc2)c1. The van der Waals surface area contributed by atoms with Gasteiger partial charge in [-0.1, -0.05) is 54.1 Å². The number of carbonyl (C=O) groups is 1. The molecule has 33 heavy (non-hydrogen) atoms. The van der Waals surface area contributed by atoms with E-state index in [1.54, 1.807) is 54.2 Å². The van der Waals surface area contributed by atoms with Crippen LogP contribution in [-0.2, 0) is 20.6 Å². The Labute approximate surface area is 201 Å². The summed E-state index contributed by atoms with van der Waals surface area (Å²) < 4.78 is 28.0. The van der Waals surface area contributed by atoms with Gasteiger partial charge in [0.15, 0.2) is 0 Å². The molecule has 0 aromatic heterocycles. The van der Waals surface area contributed by atoms with E-state index in [0.29, 0.717) is 12.2 Å². The predicted octanol–water partition coefficient (Wildman–Crippen LogP) is 4.86. The van der Waals surface area contributed by atoms with Gasteiger partial charge in [0.2, 0.25) is 5.91 Å². The Morgan fingerprint density at radius 1 is 0.879 bits per heavy atom. The van der Waals surface area contributed by atoms with Crippen LogP contribution in [0.1, 0.15) is 22.3 Å². The molecule has 0 spiro atoms. The molecule has 3 aromatic rings. The van der Waals surface area contributed by atoms with Crippen LogP contribution in [0.2, 0.25) is 0 Å². The second kappa shape index (κ2) is 11.4. The molecular formula is C26H30N2O3S2. The van der Waals surface area contributed by atoms with E-state index in [1.807, 2.05) is 26.0 Å². The lowest BCUT2D eigenvalue weighted by Gasteiger charge is -2.25. The normalized spacial score (nSPS) is 11.2. The minimum Gasteiger partial charge on any atom is -0.354 e. The summed E-state index contributed by atoms with van der Waals surface area (Å²) in [4.78, 5) is 12.9. The average molecular weight is 483 g/mol. The van der Waals surface area contributed by atoms with Crippen LogP contribution in [0.25, 0.3) is 0 Å². The van der Waals surface area contributed by atoms with Gasteiger partial charge in [-0.3, -0.25) is 9.10 Å². The molecule has 1 N–H and O–H groups in total. The first-order chi connectivity index (χ1) is 15.8. The second-order valence-electron chi connectivity index (χ2n) is 8.06. The molecule has 0 fully saturated rings. The summed E-state index contributed by atoms with van der Waals surface area (Å²) >= 11 is 1.73. The van der Waals surface area contributed by atoms with Gasteiger partial charge in [0, 0.05) is 18.1 Å². The predicted molar refractivity (Wildman–Crippen MR) is 137 cm³/mol.